The molecule has 0 saturated carbocycles. The SMILES string of the molecule is CN(/C=C1/CCc2c(cnn2C)C1=O)c1ccccc1. The average Bonchev–Trinajstić information content (AvgIpc) is 2.85. The summed E-state index contributed by atoms with van der Waals surface area (Å²) in [5.41, 5.74) is 3.70. The van der Waals surface area contributed by atoms with Crippen molar-refractivity contribution in [1.82, 2.24) is 9.78 Å². The maximum atomic E-state index is 12.4. The molecule has 1 aliphatic carbocycles. The van der Waals surface area contributed by atoms with Gasteiger partial charge in [0.2, 0.25) is 0 Å². The van der Waals surface area contributed by atoms with Gasteiger partial charge in [0, 0.05) is 37.2 Å². The number of fused-ring (bicyclic) bond motifs is 1. The lowest BCUT2D eigenvalue weighted by Gasteiger charge is -2.19. The fourth-order valence-corrected chi connectivity index (χ4v) is 2.58. The number of aromatic nitrogens is 2. The van der Waals surface area contributed by atoms with Gasteiger partial charge in [-0.05, 0) is 25.0 Å². The molecule has 0 bridgehead atoms. The second-order valence-corrected chi connectivity index (χ2v) is 5.06. The molecular formula is C16H17N3O. The molecule has 2 aromatic rings. The minimum absolute atomic E-state index is 0.0992. The van der Waals surface area contributed by atoms with Crippen LogP contribution in [0.15, 0.2) is 48.3 Å². The molecule has 0 radical (unpaired) electrons. The summed E-state index contributed by atoms with van der Waals surface area (Å²) in [6, 6.07) is 10.0. The number of benzene rings is 1. The number of allylic oxidation sites excluding steroid dienone is 1. The summed E-state index contributed by atoms with van der Waals surface area (Å²) in [5.74, 6) is 0.0992. The highest BCUT2D eigenvalue weighted by atomic mass is 16.1. The largest absolute Gasteiger partial charge is 0.351 e. The van der Waals surface area contributed by atoms with Crippen molar-refractivity contribution < 1.29 is 4.79 Å². The molecule has 20 heavy (non-hydrogen) atoms. The minimum atomic E-state index is 0.0992. The summed E-state index contributed by atoms with van der Waals surface area (Å²) in [6.45, 7) is 0. The molecule has 1 aromatic carbocycles. The maximum Gasteiger partial charge on any atom is 0.193 e. The molecule has 4 heteroatoms. The number of rotatable bonds is 2. The van der Waals surface area contributed by atoms with Crippen molar-refractivity contribution in [2.45, 2.75) is 12.8 Å². The highest BCUT2D eigenvalue weighted by Crippen LogP contribution is 2.25. The molecule has 0 unspecified atom stereocenters. The van der Waals surface area contributed by atoms with Gasteiger partial charge in [-0.25, -0.2) is 0 Å². The van der Waals surface area contributed by atoms with Crippen LogP contribution in [0.25, 0.3) is 0 Å². The number of aryl methyl sites for hydroxylation is 1. The first-order chi connectivity index (χ1) is 9.66. The van der Waals surface area contributed by atoms with Gasteiger partial charge in [0.15, 0.2) is 5.78 Å². The van der Waals surface area contributed by atoms with Crippen molar-refractivity contribution in [2.75, 3.05) is 11.9 Å². The van der Waals surface area contributed by atoms with Gasteiger partial charge in [0.25, 0.3) is 0 Å². The second kappa shape index (κ2) is 4.96. The van der Waals surface area contributed by atoms with Gasteiger partial charge in [-0.1, -0.05) is 18.2 Å². The molecule has 4 nitrogen and oxygen atoms in total. The van der Waals surface area contributed by atoms with E-state index in [0.29, 0.717) is 0 Å². The van der Waals surface area contributed by atoms with E-state index in [-0.39, 0.29) is 5.78 Å². The Balaban J connectivity index is 1.89. The first-order valence-electron chi connectivity index (χ1n) is 6.71. The van der Waals surface area contributed by atoms with Crippen LogP contribution < -0.4 is 4.90 Å². The number of anilines is 1. The summed E-state index contributed by atoms with van der Waals surface area (Å²) in [7, 11) is 3.85. The quantitative estimate of drug-likeness (QED) is 0.785. The van der Waals surface area contributed by atoms with Gasteiger partial charge in [-0.2, -0.15) is 5.10 Å². The number of nitrogens with zero attached hydrogens (tertiary/aromatic N) is 3. The van der Waals surface area contributed by atoms with Crippen LogP contribution in [0.3, 0.4) is 0 Å². The lowest BCUT2D eigenvalue weighted by atomic mass is 9.92. The molecule has 0 atom stereocenters. The number of para-hydroxylation sites is 1. The Morgan fingerprint density at radius 1 is 1.25 bits per heavy atom. The maximum absolute atomic E-state index is 12.4. The topological polar surface area (TPSA) is 38.1 Å². The molecule has 102 valence electrons. The summed E-state index contributed by atoms with van der Waals surface area (Å²) in [6.07, 6.45) is 5.25. The van der Waals surface area contributed by atoms with Crippen LogP contribution in [0.4, 0.5) is 5.69 Å². The van der Waals surface area contributed by atoms with Gasteiger partial charge < -0.3 is 4.90 Å². The highest BCUT2D eigenvalue weighted by molar-refractivity contribution is 6.10. The molecule has 1 aliphatic rings. The van der Waals surface area contributed by atoms with Gasteiger partial charge in [-0.15, -0.1) is 0 Å². The third kappa shape index (κ3) is 2.13. The van der Waals surface area contributed by atoms with E-state index in [2.05, 4.69) is 5.10 Å². The van der Waals surface area contributed by atoms with Crippen LogP contribution >= 0.6 is 0 Å². The smallest absolute Gasteiger partial charge is 0.193 e. The average molecular weight is 267 g/mol. The zero-order valence-corrected chi connectivity index (χ0v) is 11.7. The van der Waals surface area contributed by atoms with Crippen LogP contribution in [0, 0.1) is 0 Å². The Morgan fingerprint density at radius 3 is 2.75 bits per heavy atom. The normalized spacial score (nSPS) is 16.3. The van der Waals surface area contributed by atoms with E-state index in [9.17, 15) is 4.79 Å². The van der Waals surface area contributed by atoms with Crippen molar-refractivity contribution in [1.29, 1.82) is 0 Å². The number of hydrogen-bond donors (Lipinski definition) is 0. The van der Waals surface area contributed by atoms with Crippen LogP contribution in [0.5, 0.6) is 0 Å². The van der Waals surface area contributed by atoms with E-state index in [0.717, 1.165) is 35.4 Å². The Bertz CT molecular complexity index is 670. The molecule has 1 heterocycles. The summed E-state index contributed by atoms with van der Waals surface area (Å²) in [5, 5.41) is 4.18. The molecule has 0 spiro atoms. The monoisotopic (exact) mass is 267 g/mol. The standard InChI is InChI=1S/C16H17N3O/c1-18(13-6-4-3-5-7-13)11-12-8-9-15-14(16(12)20)10-17-19(15)2/h3-7,10-11H,8-9H2,1-2H3/b12-11-. The highest BCUT2D eigenvalue weighted by Gasteiger charge is 2.25. The minimum Gasteiger partial charge on any atom is -0.351 e. The van der Waals surface area contributed by atoms with Crippen LogP contribution in [0.2, 0.25) is 0 Å². The van der Waals surface area contributed by atoms with Crippen molar-refractivity contribution in [2.24, 2.45) is 7.05 Å². The predicted molar refractivity (Wildman–Crippen MR) is 78.8 cm³/mol. The molecule has 0 N–H and O–H groups in total. The van der Waals surface area contributed by atoms with E-state index in [1.807, 2.05) is 55.5 Å². The van der Waals surface area contributed by atoms with Crippen molar-refractivity contribution in [3.63, 3.8) is 0 Å². The van der Waals surface area contributed by atoms with E-state index in [4.69, 9.17) is 0 Å². The zero-order valence-electron chi connectivity index (χ0n) is 11.7. The fraction of sp³-hybridized carbons (Fsp3) is 0.250. The van der Waals surface area contributed by atoms with Gasteiger partial charge in [0.05, 0.1) is 11.8 Å². The Labute approximate surface area is 118 Å². The van der Waals surface area contributed by atoms with Crippen LogP contribution in [-0.2, 0) is 13.5 Å². The zero-order chi connectivity index (χ0) is 14.1. The first kappa shape index (κ1) is 12.7. The molecule has 0 saturated heterocycles. The van der Waals surface area contributed by atoms with Gasteiger partial charge in [0.1, 0.15) is 0 Å². The molecule has 1 aromatic heterocycles. The van der Waals surface area contributed by atoms with Crippen molar-refractivity contribution in [3.05, 3.63) is 59.6 Å². The molecule has 0 aliphatic heterocycles. The van der Waals surface area contributed by atoms with Crippen LogP contribution in [0.1, 0.15) is 22.5 Å². The number of ketones is 1. The molecule has 3 rings (SSSR count). The number of carbonyl (C=O) groups is 1. The first-order valence-corrected chi connectivity index (χ1v) is 6.71. The molecular weight excluding hydrogens is 250 g/mol. The lowest BCUT2D eigenvalue weighted by Crippen LogP contribution is -2.18. The summed E-state index contributed by atoms with van der Waals surface area (Å²) < 4.78 is 1.80. The van der Waals surface area contributed by atoms with Gasteiger partial charge >= 0.3 is 0 Å². The Morgan fingerprint density at radius 2 is 2.00 bits per heavy atom. The van der Waals surface area contributed by atoms with Crippen LogP contribution in [-0.4, -0.2) is 22.6 Å². The summed E-state index contributed by atoms with van der Waals surface area (Å²) in [4.78, 5) is 14.4. The Kier molecular flexibility index (Phi) is 3.14. The number of hydrogen-bond acceptors (Lipinski definition) is 3. The Hall–Kier alpha value is -2.36. The summed E-state index contributed by atoms with van der Waals surface area (Å²) >= 11 is 0. The van der Waals surface area contributed by atoms with Crippen molar-refractivity contribution >= 4 is 11.5 Å². The van der Waals surface area contributed by atoms with Gasteiger partial charge in [-0.3, -0.25) is 9.48 Å². The fourth-order valence-electron chi connectivity index (χ4n) is 2.58. The van der Waals surface area contributed by atoms with E-state index in [1.165, 1.54) is 0 Å². The van der Waals surface area contributed by atoms with E-state index in [1.54, 1.807) is 10.9 Å². The second-order valence-electron chi connectivity index (χ2n) is 5.06. The lowest BCUT2D eigenvalue weighted by molar-refractivity contribution is 0.102. The van der Waals surface area contributed by atoms with E-state index < -0.39 is 0 Å². The predicted octanol–water partition coefficient (Wildman–Crippen LogP) is 2.57. The number of carbonyl (C=O) groups excluding carboxylic acids is 1. The van der Waals surface area contributed by atoms with Crippen molar-refractivity contribution in [3.8, 4) is 0 Å². The van der Waals surface area contributed by atoms with E-state index >= 15 is 0 Å². The molecule has 0 amide bonds. The number of Topliss-reactive ketones (excluding diaryl/α,β-unsaturated/α-hetero) is 1. The molecule has 0 fully saturated rings. The third-order valence-corrected chi connectivity index (χ3v) is 3.74. The third-order valence-electron chi connectivity index (χ3n) is 3.74.